The second kappa shape index (κ2) is 9.98. The minimum Gasteiger partial charge on any atom is 0.316 e. The van der Waals surface area contributed by atoms with Crippen LogP contribution in [-0.4, -0.2) is 85.5 Å². The fourth-order valence-corrected chi connectivity index (χ4v) is 0. The third-order valence-corrected chi connectivity index (χ3v) is 0. The van der Waals surface area contributed by atoms with Gasteiger partial charge in [0.05, 0.1) is 6.92 Å². The number of hydrogen-bond donors (Lipinski definition) is 1. The van der Waals surface area contributed by atoms with Crippen LogP contribution in [0.2, 0.25) is 0 Å². The molecule has 0 aromatic heterocycles. The molecule has 0 fully saturated rings. The molecule has 6 heavy (non-hydrogen) atoms. The van der Waals surface area contributed by atoms with Gasteiger partial charge in [-0.2, -0.15) is 0 Å². The Morgan fingerprint density at radius 3 is 1.67 bits per heavy atom. The molecule has 29 valence electrons. The molecule has 0 aromatic rings. The van der Waals surface area contributed by atoms with Gasteiger partial charge in [-0.15, -0.1) is 0 Å². The van der Waals surface area contributed by atoms with Crippen LogP contribution < -0.4 is 0 Å². The molecule has 0 unspecified atom stereocenters. The van der Waals surface area contributed by atoms with Gasteiger partial charge in [-0.1, -0.05) is 0 Å². The summed E-state index contributed by atoms with van der Waals surface area (Å²) in [6.07, 6.45) is 0. The number of carboxylic acid groups (broad SMARTS) is 1. The van der Waals surface area contributed by atoms with Crippen molar-refractivity contribution < 1.29 is 9.90 Å². The predicted octanol–water partition coefficient (Wildman–Crippen LogP) is -1.66. The summed E-state index contributed by atoms with van der Waals surface area (Å²) in [6, 6.07) is 0. The number of hydrogen-bond acceptors (Lipinski definition) is 1. The minimum absolute atomic E-state index is 0. The zero-order chi connectivity index (χ0) is 3.58. The standard InChI is InChI=1S/C2H3O2.K.Mg.3H/c1-2(3)4;;;;;/h1H2,(H,3,4);;;;;. The monoisotopic (exact) mass is 125 g/mol. The van der Waals surface area contributed by atoms with Crippen LogP contribution in [0.4, 0.5) is 0 Å². The Bertz CT molecular complexity index is 34.5. The van der Waals surface area contributed by atoms with Crippen LogP contribution in [0.3, 0.4) is 0 Å². The molecule has 2 nitrogen and oxygen atoms in total. The third-order valence-electron chi connectivity index (χ3n) is 0. The van der Waals surface area contributed by atoms with Crippen molar-refractivity contribution in [3.05, 3.63) is 6.92 Å². The Labute approximate surface area is 95.3 Å². The normalized spacial score (nSPS) is 4.17. The zero-order valence-electron chi connectivity index (χ0n) is 2.06. The van der Waals surface area contributed by atoms with Crippen molar-refractivity contribution in [2.45, 2.75) is 0 Å². The van der Waals surface area contributed by atoms with E-state index in [-0.39, 0.29) is 74.4 Å². The van der Waals surface area contributed by atoms with Gasteiger partial charge in [0.2, 0.25) is 0 Å². The predicted molar refractivity (Wildman–Crippen MR) is 28.7 cm³/mol. The van der Waals surface area contributed by atoms with Crippen LogP contribution in [0.15, 0.2) is 0 Å². The molecule has 0 bridgehead atoms. The quantitative estimate of drug-likeness (QED) is 0.394. The summed E-state index contributed by atoms with van der Waals surface area (Å²) in [4.78, 5) is 8.89. The topological polar surface area (TPSA) is 37.3 Å². The summed E-state index contributed by atoms with van der Waals surface area (Å²) < 4.78 is 0. The maximum atomic E-state index is 8.89. The second-order valence-electron chi connectivity index (χ2n) is 0.394. The van der Waals surface area contributed by atoms with Crippen molar-refractivity contribution in [2.75, 3.05) is 0 Å². The first-order valence-corrected chi connectivity index (χ1v) is 0.781. The largest absolute Gasteiger partial charge is 0.316 e. The van der Waals surface area contributed by atoms with E-state index in [4.69, 9.17) is 9.90 Å². The van der Waals surface area contributed by atoms with Crippen LogP contribution >= 0.6 is 0 Å². The van der Waals surface area contributed by atoms with Gasteiger partial charge in [0.1, 0.15) is 0 Å². The van der Waals surface area contributed by atoms with Crippen molar-refractivity contribution in [1.82, 2.24) is 0 Å². The van der Waals surface area contributed by atoms with E-state index >= 15 is 0 Å². The van der Waals surface area contributed by atoms with Crippen LogP contribution in [0.25, 0.3) is 0 Å². The van der Waals surface area contributed by atoms with Gasteiger partial charge in [0.25, 0.3) is 0 Å². The molecule has 0 aromatic carbocycles. The van der Waals surface area contributed by atoms with Crippen molar-refractivity contribution >= 4 is 80.4 Å². The Balaban J connectivity index is -0.0000000450. The van der Waals surface area contributed by atoms with E-state index in [2.05, 4.69) is 6.92 Å². The maximum Gasteiger partial charge on any atom is 0.316 e. The molecular weight excluding hydrogens is 119 g/mol. The number of rotatable bonds is 0. The molecule has 0 rings (SSSR count). The fraction of sp³-hybridized carbons (Fsp3) is 0. The smallest absolute Gasteiger partial charge is 0.316 e. The summed E-state index contributed by atoms with van der Waals surface area (Å²) in [6.45, 7) is 2.56. The van der Waals surface area contributed by atoms with Gasteiger partial charge in [-0.3, -0.25) is 4.79 Å². The molecule has 0 saturated heterocycles. The zero-order valence-corrected chi connectivity index (χ0v) is 2.06. The van der Waals surface area contributed by atoms with Gasteiger partial charge >= 0.3 is 80.4 Å². The van der Waals surface area contributed by atoms with E-state index in [0.717, 1.165) is 0 Å². The molecule has 0 aliphatic heterocycles. The van der Waals surface area contributed by atoms with E-state index in [1.54, 1.807) is 0 Å². The molecule has 0 atom stereocenters. The first-order valence-electron chi connectivity index (χ1n) is 0.781. The van der Waals surface area contributed by atoms with Gasteiger partial charge < -0.3 is 5.11 Å². The number of carbonyl (C=O) groups is 1. The average molecular weight is 125 g/mol. The summed E-state index contributed by atoms with van der Waals surface area (Å²) >= 11 is 0. The maximum absolute atomic E-state index is 8.89. The molecular formula is C2H6KMgO2. The van der Waals surface area contributed by atoms with E-state index in [0.29, 0.717) is 0 Å². The molecule has 1 radical (unpaired) electrons. The van der Waals surface area contributed by atoms with Crippen molar-refractivity contribution in [1.29, 1.82) is 0 Å². The average Bonchev–Trinajstić information content (AvgIpc) is 0.811. The van der Waals surface area contributed by atoms with Crippen LogP contribution in [0.1, 0.15) is 0 Å². The summed E-state index contributed by atoms with van der Waals surface area (Å²) in [5.74, 6) is -1.08. The van der Waals surface area contributed by atoms with Gasteiger partial charge in [-0.25, -0.2) is 0 Å². The van der Waals surface area contributed by atoms with Gasteiger partial charge in [-0.05, 0) is 0 Å². The van der Waals surface area contributed by atoms with E-state index < -0.39 is 5.97 Å². The molecule has 0 aliphatic carbocycles. The van der Waals surface area contributed by atoms with Crippen molar-refractivity contribution in [3.63, 3.8) is 0 Å². The second-order valence-corrected chi connectivity index (χ2v) is 0.394. The van der Waals surface area contributed by atoms with E-state index in [9.17, 15) is 0 Å². The van der Waals surface area contributed by atoms with Crippen LogP contribution in [0, 0.1) is 6.92 Å². The number of aliphatic carboxylic acids is 1. The first-order chi connectivity index (χ1) is 1.73. The van der Waals surface area contributed by atoms with Gasteiger partial charge in [0, 0.05) is 0 Å². The fourth-order valence-electron chi connectivity index (χ4n) is 0. The Morgan fingerprint density at radius 2 is 1.67 bits per heavy atom. The molecule has 0 aliphatic rings. The molecule has 1 N–H and O–H groups in total. The van der Waals surface area contributed by atoms with Crippen LogP contribution in [-0.2, 0) is 4.79 Å². The Morgan fingerprint density at radius 1 is 1.67 bits per heavy atom. The third kappa shape index (κ3) is 39.8. The van der Waals surface area contributed by atoms with Crippen molar-refractivity contribution in [2.24, 2.45) is 0 Å². The summed E-state index contributed by atoms with van der Waals surface area (Å²) in [5, 5.41) is 7.31. The number of carboxylic acids is 1. The SMILES string of the molecule is [CH2]C(=O)O.[KH].[MgH2]. The molecule has 4 heteroatoms. The van der Waals surface area contributed by atoms with E-state index in [1.165, 1.54) is 0 Å². The Kier molecular flexibility index (Phi) is 26.1. The van der Waals surface area contributed by atoms with Crippen molar-refractivity contribution in [3.8, 4) is 0 Å². The van der Waals surface area contributed by atoms with Gasteiger partial charge in [0.15, 0.2) is 0 Å². The molecule has 0 saturated carbocycles. The molecule has 0 amide bonds. The summed E-state index contributed by atoms with van der Waals surface area (Å²) in [7, 11) is 0. The Hall–Kier alpha value is 1.87. The first kappa shape index (κ1) is 15.7. The van der Waals surface area contributed by atoms with E-state index in [1.807, 2.05) is 0 Å². The molecule has 0 spiro atoms. The van der Waals surface area contributed by atoms with Crippen LogP contribution in [0.5, 0.6) is 0 Å². The summed E-state index contributed by atoms with van der Waals surface area (Å²) in [5.41, 5.74) is 0. The molecule has 0 heterocycles. The minimum atomic E-state index is -1.08.